The summed E-state index contributed by atoms with van der Waals surface area (Å²) in [6.07, 6.45) is 0. The van der Waals surface area contributed by atoms with E-state index in [4.69, 9.17) is 0 Å². The second-order valence-corrected chi connectivity index (χ2v) is 5.13. The number of amides is 2. The summed E-state index contributed by atoms with van der Waals surface area (Å²) >= 11 is 0. The van der Waals surface area contributed by atoms with Crippen LogP contribution < -0.4 is 16.0 Å². The number of nitrogens with zero attached hydrogens (tertiary/aromatic N) is 1. The van der Waals surface area contributed by atoms with E-state index >= 15 is 0 Å². The number of nitrogens with one attached hydrogen (secondary N) is 3. The van der Waals surface area contributed by atoms with Gasteiger partial charge in [-0.1, -0.05) is 6.07 Å². The van der Waals surface area contributed by atoms with Gasteiger partial charge in [-0.05, 0) is 24.6 Å². The number of benzene rings is 1. The van der Waals surface area contributed by atoms with Crippen LogP contribution in [0, 0.1) is 6.92 Å². The first-order chi connectivity index (χ1) is 10.1. The second-order valence-electron chi connectivity index (χ2n) is 5.13. The number of carbonyl (C=O) groups is 2. The number of rotatable bonds is 4. The topological polar surface area (TPSA) is 73.5 Å². The Morgan fingerprint density at radius 1 is 1.29 bits per heavy atom. The molecule has 0 bridgehead atoms. The maximum Gasteiger partial charge on any atom is 0.251 e. The van der Waals surface area contributed by atoms with Gasteiger partial charge in [0.1, 0.15) is 0 Å². The molecule has 0 unspecified atom stereocenters. The van der Waals surface area contributed by atoms with Crippen molar-refractivity contribution in [3.05, 3.63) is 29.3 Å². The van der Waals surface area contributed by atoms with E-state index in [-0.39, 0.29) is 11.8 Å². The summed E-state index contributed by atoms with van der Waals surface area (Å²) < 4.78 is 0. The van der Waals surface area contributed by atoms with Crippen molar-refractivity contribution in [3.63, 3.8) is 0 Å². The van der Waals surface area contributed by atoms with E-state index in [0.717, 1.165) is 31.7 Å². The van der Waals surface area contributed by atoms with Crippen molar-refractivity contribution in [1.29, 1.82) is 0 Å². The van der Waals surface area contributed by atoms with Crippen LogP contribution in [0.4, 0.5) is 5.69 Å². The Morgan fingerprint density at radius 3 is 2.67 bits per heavy atom. The minimum Gasteiger partial charge on any atom is -0.355 e. The predicted octanol–water partition coefficient (Wildman–Crippen LogP) is 0.198. The molecule has 1 aliphatic rings. The first-order valence-electron chi connectivity index (χ1n) is 7.16. The Labute approximate surface area is 124 Å². The quantitative estimate of drug-likeness (QED) is 0.740. The van der Waals surface area contributed by atoms with E-state index in [0.29, 0.717) is 17.8 Å². The fourth-order valence-electron chi connectivity index (χ4n) is 2.41. The van der Waals surface area contributed by atoms with Gasteiger partial charge in [0.2, 0.25) is 5.91 Å². The number of piperazine rings is 1. The molecule has 6 nitrogen and oxygen atoms in total. The van der Waals surface area contributed by atoms with Gasteiger partial charge in [0.05, 0.1) is 6.54 Å². The van der Waals surface area contributed by atoms with Gasteiger partial charge < -0.3 is 16.0 Å². The highest BCUT2D eigenvalue weighted by molar-refractivity contribution is 5.99. The first kappa shape index (κ1) is 15.5. The van der Waals surface area contributed by atoms with Crippen LogP contribution in [0.15, 0.2) is 18.2 Å². The highest BCUT2D eigenvalue weighted by Gasteiger charge is 2.15. The number of hydrogen-bond acceptors (Lipinski definition) is 4. The standard InChI is InChI=1S/C15H22N4O2/c1-11-12(15(21)16-2)4-3-5-13(11)18-14(20)10-19-8-6-17-7-9-19/h3-5,17H,6-10H2,1-2H3,(H,16,21)(H,18,20). The molecule has 1 aromatic rings. The molecular formula is C15H22N4O2. The Balaban J connectivity index is 2.01. The highest BCUT2D eigenvalue weighted by Crippen LogP contribution is 2.18. The van der Waals surface area contributed by atoms with Gasteiger partial charge in [-0.2, -0.15) is 0 Å². The van der Waals surface area contributed by atoms with Crippen LogP contribution >= 0.6 is 0 Å². The van der Waals surface area contributed by atoms with E-state index in [1.807, 2.05) is 13.0 Å². The average molecular weight is 290 g/mol. The average Bonchev–Trinajstić information content (AvgIpc) is 2.49. The van der Waals surface area contributed by atoms with Crippen molar-refractivity contribution >= 4 is 17.5 Å². The molecule has 2 rings (SSSR count). The summed E-state index contributed by atoms with van der Waals surface area (Å²) in [6, 6.07) is 5.34. The van der Waals surface area contributed by atoms with Crippen molar-refractivity contribution in [2.24, 2.45) is 0 Å². The second kappa shape index (κ2) is 7.19. The lowest BCUT2D eigenvalue weighted by Gasteiger charge is -2.26. The third-order valence-corrected chi connectivity index (χ3v) is 3.66. The highest BCUT2D eigenvalue weighted by atomic mass is 16.2. The van der Waals surface area contributed by atoms with Crippen LogP contribution in [0.2, 0.25) is 0 Å². The van der Waals surface area contributed by atoms with Gasteiger partial charge in [-0.3, -0.25) is 14.5 Å². The molecule has 0 saturated carbocycles. The molecule has 21 heavy (non-hydrogen) atoms. The molecule has 1 aromatic carbocycles. The number of carbonyl (C=O) groups excluding carboxylic acids is 2. The fourth-order valence-corrected chi connectivity index (χ4v) is 2.41. The molecule has 114 valence electrons. The molecule has 0 aliphatic carbocycles. The van der Waals surface area contributed by atoms with Crippen molar-refractivity contribution in [2.75, 3.05) is 45.1 Å². The van der Waals surface area contributed by atoms with Crippen molar-refractivity contribution in [2.45, 2.75) is 6.92 Å². The zero-order valence-electron chi connectivity index (χ0n) is 12.5. The SMILES string of the molecule is CNC(=O)c1cccc(NC(=O)CN2CCNCC2)c1C. The zero-order valence-corrected chi connectivity index (χ0v) is 12.5. The van der Waals surface area contributed by atoms with Crippen molar-refractivity contribution in [1.82, 2.24) is 15.5 Å². The smallest absolute Gasteiger partial charge is 0.251 e. The Hall–Kier alpha value is -1.92. The molecule has 6 heteroatoms. The van der Waals surface area contributed by atoms with Crippen LogP contribution in [0.3, 0.4) is 0 Å². The Morgan fingerprint density at radius 2 is 2.00 bits per heavy atom. The largest absolute Gasteiger partial charge is 0.355 e. The van der Waals surface area contributed by atoms with E-state index in [9.17, 15) is 9.59 Å². The van der Waals surface area contributed by atoms with Crippen LogP contribution in [0.1, 0.15) is 15.9 Å². The predicted molar refractivity (Wildman–Crippen MR) is 82.5 cm³/mol. The maximum absolute atomic E-state index is 12.1. The minimum atomic E-state index is -0.147. The van der Waals surface area contributed by atoms with E-state index in [1.165, 1.54) is 0 Å². The van der Waals surface area contributed by atoms with Crippen LogP contribution in [0.5, 0.6) is 0 Å². The summed E-state index contributed by atoms with van der Waals surface area (Å²) in [4.78, 5) is 26.0. The van der Waals surface area contributed by atoms with Crippen LogP contribution in [-0.4, -0.2) is 56.5 Å². The molecule has 1 aliphatic heterocycles. The van der Waals surface area contributed by atoms with Gasteiger partial charge >= 0.3 is 0 Å². The number of hydrogen-bond donors (Lipinski definition) is 3. The van der Waals surface area contributed by atoms with Crippen molar-refractivity contribution in [3.8, 4) is 0 Å². The lowest BCUT2D eigenvalue weighted by molar-refractivity contribution is -0.117. The molecule has 0 atom stereocenters. The molecule has 1 heterocycles. The van der Waals surface area contributed by atoms with E-state index < -0.39 is 0 Å². The molecular weight excluding hydrogens is 268 g/mol. The fraction of sp³-hybridized carbons (Fsp3) is 0.467. The van der Waals surface area contributed by atoms with E-state index in [1.54, 1.807) is 19.2 Å². The van der Waals surface area contributed by atoms with Crippen LogP contribution in [-0.2, 0) is 4.79 Å². The first-order valence-corrected chi connectivity index (χ1v) is 7.16. The van der Waals surface area contributed by atoms with Gasteiger partial charge in [0.25, 0.3) is 5.91 Å². The van der Waals surface area contributed by atoms with Gasteiger partial charge in [-0.15, -0.1) is 0 Å². The lowest BCUT2D eigenvalue weighted by Crippen LogP contribution is -2.46. The Kier molecular flexibility index (Phi) is 5.30. The third-order valence-electron chi connectivity index (χ3n) is 3.66. The lowest BCUT2D eigenvalue weighted by atomic mass is 10.1. The maximum atomic E-state index is 12.1. The summed E-state index contributed by atoms with van der Waals surface area (Å²) in [6.45, 7) is 5.81. The molecule has 3 N–H and O–H groups in total. The molecule has 0 radical (unpaired) electrons. The minimum absolute atomic E-state index is 0.0472. The van der Waals surface area contributed by atoms with Gasteiger partial charge in [0, 0.05) is 44.5 Å². The molecule has 1 saturated heterocycles. The monoisotopic (exact) mass is 290 g/mol. The van der Waals surface area contributed by atoms with E-state index in [2.05, 4.69) is 20.9 Å². The Bertz CT molecular complexity index is 524. The third kappa shape index (κ3) is 4.03. The number of anilines is 1. The molecule has 0 spiro atoms. The van der Waals surface area contributed by atoms with Crippen LogP contribution in [0.25, 0.3) is 0 Å². The van der Waals surface area contributed by atoms with Gasteiger partial charge in [-0.25, -0.2) is 0 Å². The summed E-state index contributed by atoms with van der Waals surface area (Å²) in [5, 5.41) is 8.75. The van der Waals surface area contributed by atoms with Crippen molar-refractivity contribution < 1.29 is 9.59 Å². The zero-order chi connectivity index (χ0) is 15.2. The van der Waals surface area contributed by atoms with Gasteiger partial charge in [0.15, 0.2) is 0 Å². The summed E-state index contributed by atoms with van der Waals surface area (Å²) in [5.41, 5.74) is 2.05. The molecule has 0 aromatic heterocycles. The molecule has 2 amide bonds. The summed E-state index contributed by atoms with van der Waals surface area (Å²) in [5.74, 6) is -0.195. The summed E-state index contributed by atoms with van der Waals surface area (Å²) in [7, 11) is 1.59. The normalized spacial score (nSPS) is 15.5. The molecule has 1 fully saturated rings.